The maximum absolute atomic E-state index is 13.2. The predicted octanol–water partition coefficient (Wildman–Crippen LogP) is 2.19. The van der Waals surface area contributed by atoms with Gasteiger partial charge in [-0.15, -0.1) is 0 Å². The summed E-state index contributed by atoms with van der Waals surface area (Å²) in [4.78, 5) is 2.35. The van der Waals surface area contributed by atoms with E-state index in [0.717, 1.165) is 63.7 Å². The van der Waals surface area contributed by atoms with Crippen LogP contribution in [0, 0.1) is 17.6 Å². The second kappa shape index (κ2) is 10.2. The molecule has 2 rings (SSSR count). The first-order valence-electron chi connectivity index (χ1n) is 9.23. The molecular formula is C18H29BF2N2O2. The molecule has 1 saturated heterocycles. The summed E-state index contributed by atoms with van der Waals surface area (Å²) in [5, 5.41) is 17.7. The third kappa shape index (κ3) is 7.02. The van der Waals surface area contributed by atoms with Crippen molar-refractivity contribution in [3.63, 3.8) is 0 Å². The van der Waals surface area contributed by atoms with Gasteiger partial charge in [-0.05, 0) is 68.7 Å². The van der Waals surface area contributed by atoms with E-state index in [4.69, 9.17) is 15.8 Å². The van der Waals surface area contributed by atoms with Crippen LogP contribution in [0.15, 0.2) is 18.2 Å². The van der Waals surface area contributed by atoms with Crippen LogP contribution >= 0.6 is 0 Å². The lowest BCUT2D eigenvalue weighted by Gasteiger charge is -2.34. The molecule has 0 radical (unpaired) electrons. The summed E-state index contributed by atoms with van der Waals surface area (Å²) in [7, 11) is -1.21. The highest BCUT2D eigenvalue weighted by atomic mass is 19.2. The number of rotatable bonds is 9. The van der Waals surface area contributed by atoms with Crippen LogP contribution in [0.25, 0.3) is 0 Å². The maximum Gasteiger partial charge on any atom is 0.451 e. The highest BCUT2D eigenvalue weighted by molar-refractivity contribution is 6.40. The van der Waals surface area contributed by atoms with Gasteiger partial charge in [0.2, 0.25) is 0 Å². The molecule has 25 heavy (non-hydrogen) atoms. The summed E-state index contributed by atoms with van der Waals surface area (Å²) in [6, 6.07) is 4.28. The number of nitrogens with two attached hydrogens (primary N) is 1. The number of unbranched alkanes of at least 4 members (excludes halogenated alkanes) is 1. The lowest BCUT2D eigenvalue weighted by atomic mass is 9.82. The van der Waals surface area contributed by atoms with Gasteiger partial charge in [0, 0.05) is 12.6 Å². The topological polar surface area (TPSA) is 69.7 Å². The maximum atomic E-state index is 13.2. The predicted molar refractivity (Wildman–Crippen MR) is 96.1 cm³/mol. The average molecular weight is 354 g/mol. The van der Waals surface area contributed by atoms with Gasteiger partial charge in [0.05, 0.1) is 0 Å². The van der Waals surface area contributed by atoms with E-state index in [1.54, 1.807) is 6.07 Å². The molecule has 1 aromatic carbocycles. The Morgan fingerprint density at radius 2 is 1.88 bits per heavy atom. The first-order valence-corrected chi connectivity index (χ1v) is 9.23. The fourth-order valence-electron chi connectivity index (χ4n) is 3.53. The molecule has 1 atom stereocenters. The van der Waals surface area contributed by atoms with Crippen molar-refractivity contribution in [3.8, 4) is 0 Å². The molecule has 0 bridgehead atoms. The summed E-state index contributed by atoms with van der Waals surface area (Å²) in [6.45, 7) is 2.82. The number of halogens is 2. The molecule has 0 aliphatic carbocycles. The van der Waals surface area contributed by atoms with Crippen LogP contribution < -0.4 is 5.73 Å². The summed E-state index contributed by atoms with van der Waals surface area (Å²) in [5.41, 5.74) is 7.11. The van der Waals surface area contributed by atoms with Crippen LogP contribution in [-0.4, -0.2) is 47.7 Å². The van der Waals surface area contributed by atoms with E-state index in [1.807, 2.05) is 0 Å². The third-order valence-corrected chi connectivity index (χ3v) is 5.19. The van der Waals surface area contributed by atoms with Gasteiger partial charge in [-0.1, -0.05) is 18.9 Å². The Bertz CT molecular complexity index is 526. The van der Waals surface area contributed by atoms with Crippen LogP contribution in [0.3, 0.4) is 0 Å². The van der Waals surface area contributed by atoms with E-state index in [9.17, 15) is 8.78 Å². The van der Waals surface area contributed by atoms with Gasteiger partial charge in [0.25, 0.3) is 0 Å². The van der Waals surface area contributed by atoms with Crippen molar-refractivity contribution in [1.82, 2.24) is 4.90 Å². The molecule has 1 aliphatic rings. The van der Waals surface area contributed by atoms with Crippen molar-refractivity contribution in [2.24, 2.45) is 11.7 Å². The lowest BCUT2D eigenvalue weighted by Crippen LogP contribution is -2.41. The fourth-order valence-corrected chi connectivity index (χ4v) is 3.53. The van der Waals surface area contributed by atoms with Crippen molar-refractivity contribution in [2.45, 2.75) is 50.9 Å². The minimum absolute atomic E-state index is 0.171. The Hall–Kier alpha value is -1.02. The molecule has 7 heteroatoms. The molecular weight excluding hydrogens is 325 g/mol. The molecule has 4 N–H and O–H groups in total. The van der Waals surface area contributed by atoms with Crippen molar-refractivity contribution < 1.29 is 18.8 Å². The molecule has 0 aromatic heterocycles. The van der Waals surface area contributed by atoms with Gasteiger partial charge in [-0.25, -0.2) is 8.78 Å². The Kier molecular flexibility index (Phi) is 8.29. The minimum Gasteiger partial charge on any atom is -0.427 e. The standard InChI is InChI=1S/C18H29BF2N2O2/c20-16-5-4-14(13-17(16)21)6-10-23-11-7-15(8-12-23)18(22)3-1-2-9-19(24)25/h4-5,13,15,18,24-25H,1-3,6-12,22H2. The van der Waals surface area contributed by atoms with Crippen LogP contribution in [0.2, 0.25) is 6.32 Å². The van der Waals surface area contributed by atoms with E-state index >= 15 is 0 Å². The number of likely N-dealkylation sites (tertiary alicyclic amines) is 1. The lowest BCUT2D eigenvalue weighted by molar-refractivity contribution is 0.167. The van der Waals surface area contributed by atoms with Crippen molar-refractivity contribution in [3.05, 3.63) is 35.4 Å². The fraction of sp³-hybridized carbons (Fsp3) is 0.667. The molecule has 1 heterocycles. The first kappa shape index (κ1) is 20.3. The first-order chi connectivity index (χ1) is 12.0. The molecule has 0 saturated carbocycles. The van der Waals surface area contributed by atoms with Gasteiger partial charge in [-0.2, -0.15) is 0 Å². The molecule has 1 aromatic rings. The smallest absolute Gasteiger partial charge is 0.427 e. The molecule has 4 nitrogen and oxygen atoms in total. The Balaban J connectivity index is 1.64. The average Bonchev–Trinajstić information content (AvgIpc) is 2.60. The van der Waals surface area contributed by atoms with Crippen LogP contribution in [-0.2, 0) is 6.42 Å². The quantitative estimate of drug-likeness (QED) is 0.470. The van der Waals surface area contributed by atoms with Gasteiger partial charge in [-0.3, -0.25) is 0 Å². The number of nitrogens with zero attached hydrogens (tertiary/aromatic N) is 1. The van der Waals surface area contributed by atoms with E-state index < -0.39 is 18.8 Å². The zero-order chi connectivity index (χ0) is 18.2. The zero-order valence-electron chi connectivity index (χ0n) is 14.7. The van der Waals surface area contributed by atoms with Gasteiger partial charge in [0.15, 0.2) is 11.6 Å². The second-order valence-corrected chi connectivity index (χ2v) is 7.11. The Labute approximate surface area is 149 Å². The molecule has 140 valence electrons. The molecule has 1 unspecified atom stereocenters. The third-order valence-electron chi connectivity index (χ3n) is 5.19. The number of piperidine rings is 1. The number of benzene rings is 1. The highest BCUT2D eigenvalue weighted by Crippen LogP contribution is 2.23. The molecule has 1 fully saturated rings. The van der Waals surface area contributed by atoms with Crippen LogP contribution in [0.1, 0.15) is 37.7 Å². The number of hydrogen-bond acceptors (Lipinski definition) is 4. The zero-order valence-corrected chi connectivity index (χ0v) is 14.7. The van der Waals surface area contributed by atoms with E-state index in [1.165, 1.54) is 12.1 Å². The van der Waals surface area contributed by atoms with E-state index in [0.29, 0.717) is 12.2 Å². The van der Waals surface area contributed by atoms with Crippen molar-refractivity contribution in [2.75, 3.05) is 19.6 Å². The van der Waals surface area contributed by atoms with Gasteiger partial charge >= 0.3 is 7.12 Å². The molecule has 0 spiro atoms. The van der Waals surface area contributed by atoms with E-state index in [-0.39, 0.29) is 6.04 Å². The molecule has 0 amide bonds. The Morgan fingerprint density at radius 1 is 1.16 bits per heavy atom. The van der Waals surface area contributed by atoms with Crippen molar-refractivity contribution in [1.29, 1.82) is 0 Å². The summed E-state index contributed by atoms with van der Waals surface area (Å²) < 4.78 is 26.2. The highest BCUT2D eigenvalue weighted by Gasteiger charge is 2.24. The largest absolute Gasteiger partial charge is 0.451 e. The minimum atomic E-state index is -1.21. The second-order valence-electron chi connectivity index (χ2n) is 7.11. The molecule has 1 aliphatic heterocycles. The summed E-state index contributed by atoms with van der Waals surface area (Å²) in [5.74, 6) is -1.07. The van der Waals surface area contributed by atoms with Gasteiger partial charge < -0.3 is 20.7 Å². The SMILES string of the molecule is NC(CCCCB(O)O)C1CCN(CCc2ccc(F)c(F)c2)CC1. The monoisotopic (exact) mass is 354 g/mol. The Morgan fingerprint density at radius 3 is 2.52 bits per heavy atom. The van der Waals surface area contributed by atoms with Crippen molar-refractivity contribution >= 4 is 7.12 Å². The normalized spacial score (nSPS) is 17.6. The summed E-state index contributed by atoms with van der Waals surface area (Å²) >= 11 is 0. The number of hydrogen-bond donors (Lipinski definition) is 3. The van der Waals surface area contributed by atoms with Gasteiger partial charge in [0.1, 0.15) is 0 Å². The van der Waals surface area contributed by atoms with E-state index in [2.05, 4.69) is 4.90 Å². The van der Waals surface area contributed by atoms with Crippen LogP contribution in [0.5, 0.6) is 0 Å². The van der Waals surface area contributed by atoms with Crippen LogP contribution in [0.4, 0.5) is 8.78 Å². The summed E-state index contributed by atoms with van der Waals surface area (Å²) in [6.07, 6.45) is 5.88.